The fourth-order valence-corrected chi connectivity index (χ4v) is 19.4. The summed E-state index contributed by atoms with van der Waals surface area (Å²) in [7, 11) is 0. The van der Waals surface area contributed by atoms with E-state index in [1.165, 1.54) is 92.6 Å². The van der Waals surface area contributed by atoms with Crippen molar-refractivity contribution in [3.05, 3.63) is 467 Å². The van der Waals surface area contributed by atoms with Gasteiger partial charge in [-0.15, -0.1) is 0 Å². The molecule has 0 amide bonds. The zero-order valence-electron chi connectivity index (χ0n) is 71.7. The third-order valence-electron chi connectivity index (χ3n) is 25.5. The summed E-state index contributed by atoms with van der Waals surface area (Å²) in [5.74, 6) is 3.75. The maximum Gasteiger partial charge on any atom is 0.238 e. The predicted octanol–water partition coefficient (Wildman–Crippen LogP) is 30.3. The molecule has 0 fully saturated rings. The Morgan fingerprint density at radius 1 is 0.159 bits per heavy atom. The van der Waals surface area contributed by atoms with Crippen LogP contribution in [0.1, 0.15) is 16.7 Å². The van der Waals surface area contributed by atoms with E-state index in [1.54, 1.807) is 0 Å². The molecule has 0 saturated heterocycles. The number of rotatable bonds is 14. The first-order chi connectivity index (χ1) is 65.3. The molecule has 0 radical (unpaired) electrons. The molecule has 0 aliphatic rings. The van der Waals surface area contributed by atoms with E-state index >= 15 is 0 Å². The van der Waals surface area contributed by atoms with Crippen LogP contribution in [0.15, 0.2) is 450 Å². The maximum absolute atomic E-state index is 5.11. The van der Waals surface area contributed by atoms with Crippen molar-refractivity contribution in [1.82, 2.24) is 57.3 Å². The molecule has 0 N–H and O–H groups in total. The monoisotopic (exact) mass is 1690 g/mol. The fourth-order valence-electron chi connectivity index (χ4n) is 19.4. The molecule has 0 saturated carbocycles. The summed E-state index contributed by atoms with van der Waals surface area (Å²) in [5.41, 5.74) is 27.5. The lowest BCUT2D eigenvalue weighted by Gasteiger charge is -2.11. The Morgan fingerprint density at radius 3 is 0.727 bits per heavy atom. The van der Waals surface area contributed by atoms with Gasteiger partial charge in [0.05, 0.1) is 66.2 Å². The lowest BCUT2D eigenvalue weighted by Crippen LogP contribution is -2.06. The average Bonchev–Trinajstić information content (AvgIpc) is 1.52. The van der Waals surface area contributed by atoms with Gasteiger partial charge in [-0.1, -0.05) is 323 Å². The molecule has 0 aliphatic heterocycles. The van der Waals surface area contributed by atoms with Gasteiger partial charge in [-0.2, -0.15) is 9.97 Å². The quantitative estimate of drug-likeness (QED) is 0.107. The number of fused-ring (bicyclic) bond motifs is 19. The van der Waals surface area contributed by atoms with E-state index in [2.05, 4.69) is 363 Å². The minimum atomic E-state index is 0.585. The van der Waals surface area contributed by atoms with E-state index in [4.69, 9.17) is 29.9 Å². The third kappa shape index (κ3) is 13.2. The normalized spacial score (nSPS) is 11.6. The molecule has 132 heavy (non-hydrogen) atoms. The molecular weight excluding hydrogens is 1610 g/mol. The topological polar surface area (TPSA) is 107 Å². The van der Waals surface area contributed by atoms with Crippen LogP contribution >= 0.6 is 0 Å². The Labute approximate surface area is 759 Å². The van der Waals surface area contributed by atoms with Crippen LogP contribution in [0, 0.1) is 0 Å². The van der Waals surface area contributed by atoms with Gasteiger partial charge >= 0.3 is 0 Å². The second kappa shape index (κ2) is 32.5. The van der Waals surface area contributed by atoms with E-state index in [0.29, 0.717) is 35.1 Å². The molecule has 26 aromatic rings. The van der Waals surface area contributed by atoms with Crippen LogP contribution in [0.3, 0.4) is 0 Å². The summed E-state index contributed by atoms with van der Waals surface area (Å²) >= 11 is 0. The maximum atomic E-state index is 5.11. The molecule has 12 nitrogen and oxygen atoms in total. The van der Waals surface area contributed by atoms with E-state index < -0.39 is 0 Å². The number of nitrogens with zero attached hydrogens (tertiary/aromatic N) is 12. The van der Waals surface area contributed by atoms with Gasteiger partial charge in [-0.3, -0.25) is 4.57 Å². The highest BCUT2D eigenvalue weighted by molar-refractivity contribution is 6.29. The van der Waals surface area contributed by atoms with Crippen molar-refractivity contribution in [3.63, 3.8) is 0 Å². The van der Waals surface area contributed by atoms with Crippen LogP contribution in [-0.4, -0.2) is 57.3 Å². The summed E-state index contributed by atoms with van der Waals surface area (Å²) < 4.78 is 14.1. The number of hydrogen-bond acceptors (Lipinski definition) is 6. The smallest absolute Gasteiger partial charge is 0.238 e. The highest BCUT2D eigenvalue weighted by atomic mass is 15.2. The molecule has 620 valence electrons. The molecule has 0 unspecified atom stereocenters. The van der Waals surface area contributed by atoms with Gasteiger partial charge in [-0.25, -0.2) is 19.9 Å². The van der Waals surface area contributed by atoms with Gasteiger partial charge in [0.25, 0.3) is 0 Å². The number of aromatic nitrogens is 12. The van der Waals surface area contributed by atoms with Crippen molar-refractivity contribution < 1.29 is 0 Å². The summed E-state index contributed by atoms with van der Waals surface area (Å²) in [6, 6.07) is 151. The Hall–Kier alpha value is -18.0. The van der Waals surface area contributed by atoms with Crippen molar-refractivity contribution in [1.29, 1.82) is 0 Å². The molecule has 0 spiro atoms. The van der Waals surface area contributed by atoms with Crippen LogP contribution in [0.4, 0.5) is 0 Å². The molecule has 12 heteroatoms. The summed E-state index contributed by atoms with van der Waals surface area (Å²) in [5, 5.41) is 14.7. The second-order valence-electron chi connectivity index (χ2n) is 33.1. The van der Waals surface area contributed by atoms with Crippen molar-refractivity contribution in [2.75, 3.05) is 0 Å². The highest BCUT2D eigenvalue weighted by Gasteiger charge is 2.26. The molecule has 0 atom stereocenters. The van der Waals surface area contributed by atoms with Crippen LogP contribution in [0.2, 0.25) is 0 Å². The first kappa shape index (κ1) is 77.6. The van der Waals surface area contributed by atoms with E-state index in [-0.39, 0.29) is 0 Å². The largest absolute Gasteiger partial charge is 0.309 e. The average molecular weight is 1690 g/mol. The van der Waals surface area contributed by atoms with Gasteiger partial charge in [0.2, 0.25) is 5.95 Å². The van der Waals surface area contributed by atoms with Crippen LogP contribution in [0.25, 0.3) is 240 Å². The zero-order chi connectivity index (χ0) is 87.9. The number of benzene rings is 18. The van der Waals surface area contributed by atoms with Crippen LogP contribution < -0.4 is 0 Å². The first-order valence-electron chi connectivity index (χ1n) is 44.3. The van der Waals surface area contributed by atoms with Crippen molar-refractivity contribution in [2.45, 2.75) is 0 Å². The zero-order valence-corrected chi connectivity index (χ0v) is 71.7. The Morgan fingerprint density at radius 2 is 0.386 bits per heavy atom. The Balaban J connectivity index is 0.000000112. The highest BCUT2D eigenvalue weighted by Crippen LogP contribution is 2.46. The fraction of sp³-hybridized carbons (Fsp3) is 0. The molecule has 18 aromatic carbocycles. The summed E-state index contributed by atoms with van der Waals surface area (Å²) in [4.78, 5) is 30.0. The molecule has 8 heterocycles. The van der Waals surface area contributed by atoms with Gasteiger partial charge in [0.1, 0.15) is 0 Å². The van der Waals surface area contributed by atoms with Crippen molar-refractivity contribution in [3.8, 4) is 91.3 Å². The Kier molecular flexibility index (Phi) is 19.1. The van der Waals surface area contributed by atoms with Gasteiger partial charge in [0, 0.05) is 121 Å². The van der Waals surface area contributed by atoms with Crippen molar-refractivity contribution >= 4 is 149 Å². The molecule has 0 aliphatic carbocycles. The third-order valence-corrected chi connectivity index (χ3v) is 25.5. The van der Waals surface area contributed by atoms with Crippen LogP contribution in [-0.2, 0) is 0 Å². The predicted molar refractivity (Wildman–Crippen MR) is 550 cm³/mol. The summed E-state index contributed by atoms with van der Waals surface area (Å²) in [6.07, 6.45) is 5.60. The van der Waals surface area contributed by atoms with Gasteiger partial charge < -0.3 is 22.8 Å². The van der Waals surface area contributed by atoms with Gasteiger partial charge in [0.15, 0.2) is 29.1 Å². The minimum absolute atomic E-state index is 0.585. The number of hydrogen-bond donors (Lipinski definition) is 0. The minimum Gasteiger partial charge on any atom is -0.309 e. The standard InChI is InChI=1S/C47H31N5.C41H27N5.C32H22N2/c1-2-31-21-23-33(24-22-31)46-48-45(32-13-5-3-6-14-32)49-47(50-46)34-25-27-36(28-26-34)52-42-20-12-10-18-38(42)40-29-39-37-17-9-11-19-41(37)51(43(39)30-44(40)52)35-15-7-4-8-16-35;1-2-27-21-23-30(24-22-27)45-35-19-11-9-17-31(35)33-26-38-34(25-37(33)45)32-18-10-12-20-36(32)46(38)41-43-39(28-13-5-3-6-14-28)42-40(44-41)29-15-7-4-8-16-29;1-2-22-16-18-24(19-17-22)34-28-15-9-7-13-26(28)32-30(34)21-20-29-31(32)25-12-6-8-14-27(25)33(29)23-10-4-3-5-11-23/h2-30H,1H2;2-26H,1H2;2-21H,1H2. The van der Waals surface area contributed by atoms with E-state index in [1.807, 2.05) is 133 Å². The molecular formula is C120H80N12. The van der Waals surface area contributed by atoms with Crippen LogP contribution in [0.5, 0.6) is 0 Å². The molecule has 8 aromatic heterocycles. The Bertz CT molecular complexity index is 8960. The van der Waals surface area contributed by atoms with Gasteiger partial charge in [-0.05, 0) is 162 Å². The van der Waals surface area contributed by atoms with E-state index in [9.17, 15) is 0 Å². The number of para-hydroxylation sites is 8. The van der Waals surface area contributed by atoms with Crippen molar-refractivity contribution in [2.24, 2.45) is 0 Å². The first-order valence-corrected chi connectivity index (χ1v) is 44.3. The lowest BCUT2D eigenvalue weighted by atomic mass is 10.1. The van der Waals surface area contributed by atoms with E-state index in [0.717, 1.165) is 111 Å². The lowest BCUT2D eigenvalue weighted by molar-refractivity contribution is 0.954. The SMILES string of the molecule is C=Cc1ccc(-c2nc(-c3ccccc3)nc(-c3ccc(-n4c5ccccc5c5cc6c7ccccc7n(-c7ccccc7)c6cc54)cc3)n2)cc1.C=Cc1ccc(-n2c3ccccc3c3c4c5ccccc5n(-c5ccccc5)c4ccc32)cc1.C=Cc1ccc(-n2c3ccccc3c3cc4c(cc32)c2ccccc2n4-c2nc(-c3ccccc3)nc(-c3ccccc3)n2)cc1. The summed E-state index contributed by atoms with van der Waals surface area (Å²) in [6.45, 7) is 11.7. The molecule has 26 rings (SSSR count). The second-order valence-corrected chi connectivity index (χ2v) is 33.1. The molecule has 0 bridgehead atoms.